The van der Waals surface area contributed by atoms with Crippen LogP contribution in [0.15, 0.2) is 54.9 Å². The molecule has 1 aromatic heterocycles. The highest BCUT2D eigenvalue weighted by atomic mass is 16.5. The Balaban J connectivity index is 1.72. The lowest BCUT2D eigenvalue weighted by molar-refractivity contribution is 0.101. The summed E-state index contributed by atoms with van der Waals surface area (Å²) in [6.45, 7) is 4.37. The predicted octanol–water partition coefficient (Wildman–Crippen LogP) is 4.93. The van der Waals surface area contributed by atoms with Gasteiger partial charge in [0.2, 0.25) is 0 Å². The monoisotopic (exact) mass is 391 g/mol. The van der Waals surface area contributed by atoms with E-state index in [1.54, 1.807) is 18.2 Å². The van der Waals surface area contributed by atoms with Gasteiger partial charge < -0.3 is 21.1 Å². The van der Waals surface area contributed by atoms with Crippen LogP contribution >= 0.6 is 0 Å². The molecule has 0 aliphatic heterocycles. The minimum atomic E-state index is -0.00575. The van der Waals surface area contributed by atoms with Gasteiger partial charge in [0.15, 0.2) is 17.4 Å². The number of Topliss-reactive ketones (excluding diaryl/α,β-unsaturated/α-hetero) is 1. The molecule has 3 rings (SSSR count). The summed E-state index contributed by atoms with van der Waals surface area (Å²) in [5, 5.41) is 6.34. The maximum Gasteiger partial charge on any atom is 0.159 e. The van der Waals surface area contributed by atoms with Crippen LogP contribution in [0.5, 0.6) is 5.75 Å². The Morgan fingerprint density at radius 2 is 1.72 bits per heavy atom. The molecule has 0 atom stereocenters. The summed E-state index contributed by atoms with van der Waals surface area (Å²) in [6, 6.07) is 14.8. The molecule has 150 valence electrons. The average Bonchev–Trinajstić information content (AvgIpc) is 2.72. The first-order valence-corrected chi connectivity index (χ1v) is 9.55. The van der Waals surface area contributed by atoms with Crippen molar-refractivity contribution >= 4 is 34.5 Å². The molecule has 0 radical (unpaired) electrons. The quantitative estimate of drug-likeness (QED) is 0.351. The molecule has 0 saturated carbocycles. The normalized spacial score (nSPS) is 10.4. The third-order valence-corrected chi connectivity index (χ3v) is 4.30. The highest BCUT2D eigenvalue weighted by molar-refractivity contribution is 5.95. The molecule has 0 aliphatic carbocycles. The van der Waals surface area contributed by atoms with Crippen molar-refractivity contribution in [1.29, 1.82) is 0 Å². The van der Waals surface area contributed by atoms with Crippen LogP contribution in [-0.2, 0) is 0 Å². The number of carbonyl (C=O) groups is 1. The molecule has 7 heteroatoms. The smallest absolute Gasteiger partial charge is 0.159 e. The van der Waals surface area contributed by atoms with Crippen molar-refractivity contribution in [3.05, 3.63) is 60.4 Å². The Morgan fingerprint density at radius 1 is 1.03 bits per heavy atom. The van der Waals surface area contributed by atoms with E-state index in [0.29, 0.717) is 29.5 Å². The Kier molecular flexibility index (Phi) is 6.63. The second-order valence-corrected chi connectivity index (χ2v) is 6.60. The molecular weight excluding hydrogens is 366 g/mol. The Labute approximate surface area is 170 Å². The van der Waals surface area contributed by atoms with E-state index in [-0.39, 0.29) is 5.78 Å². The number of hydrogen-bond acceptors (Lipinski definition) is 7. The molecule has 29 heavy (non-hydrogen) atoms. The fourth-order valence-electron chi connectivity index (χ4n) is 2.65. The molecule has 7 nitrogen and oxygen atoms in total. The third kappa shape index (κ3) is 5.44. The molecule has 0 fully saturated rings. The number of unbranched alkanes of at least 4 members (excludes halogenated alkanes) is 1. The van der Waals surface area contributed by atoms with Gasteiger partial charge in [-0.3, -0.25) is 4.79 Å². The first-order chi connectivity index (χ1) is 14.1. The van der Waals surface area contributed by atoms with Crippen LogP contribution in [0, 0.1) is 0 Å². The number of ketones is 1. The van der Waals surface area contributed by atoms with Gasteiger partial charge in [0.1, 0.15) is 17.8 Å². The molecule has 0 aliphatic rings. The second kappa shape index (κ2) is 9.54. The van der Waals surface area contributed by atoms with E-state index >= 15 is 0 Å². The SMILES string of the molecule is CCCCOc1ccc(Nc2ncnc(Nc3cccc(C(C)=O)c3)c2N)cc1. The second-order valence-electron chi connectivity index (χ2n) is 6.60. The van der Waals surface area contributed by atoms with Crippen LogP contribution in [0.4, 0.5) is 28.7 Å². The topological polar surface area (TPSA) is 102 Å². The lowest BCUT2D eigenvalue weighted by Gasteiger charge is -2.13. The lowest BCUT2D eigenvalue weighted by atomic mass is 10.1. The maximum absolute atomic E-state index is 11.6. The maximum atomic E-state index is 11.6. The standard InChI is InChI=1S/C22H25N5O2/c1-3-4-12-29-19-10-8-17(9-11-19)26-21-20(23)22(25-14-24-21)27-18-7-5-6-16(13-18)15(2)28/h5-11,13-14H,3-4,12,23H2,1-2H3,(H2,24,25,26,27). The van der Waals surface area contributed by atoms with Crippen LogP contribution in [0.25, 0.3) is 0 Å². The van der Waals surface area contributed by atoms with Gasteiger partial charge in [-0.05, 0) is 49.7 Å². The summed E-state index contributed by atoms with van der Waals surface area (Å²) >= 11 is 0. The van der Waals surface area contributed by atoms with Crippen molar-refractivity contribution in [2.75, 3.05) is 23.0 Å². The van der Waals surface area contributed by atoms with E-state index in [1.165, 1.54) is 13.3 Å². The van der Waals surface area contributed by atoms with E-state index in [4.69, 9.17) is 10.5 Å². The molecule has 0 bridgehead atoms. The zero-order valence-corrected chi connectivity index (χ0v) is 16.6. The number of rotatable bonds is 9. The Hall–Kier alpha value is -3.61. The number of nitrogens with zero attached hydrogens (tertiary/aromatic N) is 2. The van der Waals surface area contributed by atoms with Gasteiger partial charge in [0, 0.05) is 16.9 Å². The number of nitrogen functional groups attached to an aromatic ring is 1. The minimum Gasteiger partial charge on any atom is -0.494 e. The van der Waals surface area contributed by atoms with Crippen molar-refractivity contribution in [2.45, 2.75) is 26.7 Å². The van der Waals surface area contributed by atoms with Crippen molar-refractivity contribution in [1.82, 2.24) is 9.97 Å². The molecule has 1 heterocycles. The predicted molar refractivity (Wildman–Crippen MR) is 116 cm³/mol. The molecule has 0 amide bonds. The lowest BCUT2D eigenvalue weighted by Crippen LogP contribution is -2.05. The minimum absolute atomic E-state index is 0.00575. The molecule has 4 N–H and O–H groups in total. The van der Waals surface area contributed by atoms with Gasteiger partial charge >= 0.3 is 0 Å². The number of nitrogens with two attached hydrogens (primary N) is 1. The summed E-state index contributed by atoms with van der Waals surface area (Å²) in [4.78, 5) is 20.0. The fraction of sp³-hybridized carbons (Fsp3) is 0.227. The van der Waals surface area contributed by atoms with E-state index in [2.05, 4.69) is 27.5 Å². The van der Waals surface area contributed by atoms with Gasteiger partial charge in [0.25, 0.3) is 0 Å². The summed E-state index contributed by atoms with van der Waals surface area (Å²) in [6.07, 6.45) is 3.56. The van der Waals surface area contributed by atoms with Crippen molar-refractivity contribution in [3.63, 3.8) is 0 Å². The molecule has 0 saturated heterocycles. The molecule has 0 unspecified atom stereocenters. The number of benzene rings is 2. The zero-order valence-electron chi connectivity index (χ0n) is 16.6. The number of anilines is 5. The van der Waals surface area contributed by atoms with Crippen LogP contribution < -0.4 is 21.1 Å². The number of ether oxygens (including phenoxy) is 1. The largest absolute Gasteiger partial charge is 0.494 e. The number of hydrogen-bond donors (Lipinski definition) is 3. The summed E-state index contributed by atoms with van der Waals surface area (Å²) in [5.41, 5.74) is 8.80. The first-order valence-electron chi connectivity index (χ1n) is 9.55. The van der Waals surface area contributed by atoms with E-state index in [9.17, 15) is 4.79 Å². The van der Waals surface area contributed by atoms with Crippen molar-refractivity contribution in [3.8, 4) is 5.75 Å². The summed E-state index contributed by atoms with van der Waals surface area (Å²) in [5.74, 6) is 1.77. The summed E-state index contributed by atoms with van der Waals surface area (Å²) in [7, 11) is 0. The van der Waals surface area contributed by atoms with Crippen LogP contribution in [-0.4, -0.2) is 22.4 Å². The molecule has 0 spiro atoms. The average molecular weight is 391 g/mol. The van der Waals surface area contributed by atoms with E-state index in [0.717, 1.165) is 30.0 Å². The third-order valence-electron chi connectivity index (χ3n) is 4.30. The molecule has 3 aromatic rings. The highest BCUT2D eigenvalue weighted by Gasteiger charge is 2.10. The Morgan fingerprint density at radius 3 is 2.38 bits per heavy atom. The fourth-order valence-corrected chi connectivity index (χ4v) is 2.65. The van der Waals surface area contributed by atoms with Crippen LogP contribution in [0.3, 0.4) is 0 Å². The summed E-state index contributed by atoms with van der Waals surface area (Å²) < 4.78 is 5.68. The zero-order chi connectivity index (χ0) is 20.6. The molecule has 2 aromatic carbocycles. The Bertz CT molecular complexity index is 973. The van der Waals surface area contributed by atoms with Crippen LogP contribution in [0.2, 0.25) is 0 Å². The van der Waals surface area contributed by atoms with Crippen LogP contribution in [0.1, 0.15) is 37.0 Å². The van der Waals surface area contributed by atoms with Crippen molar-refractivity contribution < 1.29 is 9.53 Å². The van der Waals surface area contributed by atoms with Gasteiger partial charge in [-0.25, -0.2) is 9.97 Å². The number of carbonyl (C=O) groups excluding carboxylic acids is 1. The van der Waals surface area contributed by atoms with Gasteiger partial charge in [-0.15, -0.1) is 0 Å². The van der Waals surface area contributed by atoms with Gasteiger partial charge in [-0.2, -0.15) is 0 Å². The van der Waals surface area contributed by atoms with E-state index < -0.39 is 0 Å². The first kappa shape index (κ1) is 20.1. The van der Waals surface area contributed by atoms with Gasteiger partial charge in [0.05, 0.1) is 6.61 Å². The van der Waals surface area contributed by atoms with Gasteiger partial charge in [-0.1, -0.05) is 25.5 Å². The molecular formula is C22H25N5O2. The number of nitrogens with one attached hydrogen (secondary N) is 2. The number of aromatic nitrogens is 2. The highest BCUT2D eigenvalue weighted by Crippen LogP contribution is 2.29. The van der Waals surface area contributed by atoms with E-state index in [1.807, 2.05) is 30.3 Å². The van der Waals surface area contributed by atoms with Crippen molar-refractivity contribution in [2.24, 2.45) is 0 Å².